The van der Waals surface area contributed by atoms with Gasteiger partial charge in [0, 0.05) is 0 Å². The summed E-state index contributed by atoms with van der Waals surface area (Å²) in [7, 11) is 0. The van der Waals surface area contributed by atoms with E-state index < -0.39 is 0 Å². The molecule has 0 amide bonds. The molecule has 3 nitrogen and oxygen atoms in total. The number of allylic oxidation sites excluding steroid dienone is 2. The standard InChI is InChI=1S/C15H13IO3S2/c16-14(15-20-6-1-7-21-15)11(17)4-2-10-3-5-12-13(8-10)19-9-18-12/h2-5,8H,1,6-7,9H2/b4-2+. The monoisotopic (exact) mass is 432 g/mol. The maximum absolute atomic E-state index is 12.2. The van der Waals surface area contributed by atoms with Crippen molar-refractivity contribution in [2.75, 3.05) is 18.3 Å². The van der Waals surface area contributed by atoms with E-state index in [2.05, 4.69) is 22.6 Å². The molecule has 1 fully saturated rings. The number of ketones is 1. The van der Waals surface area contributed by atoms with E-state index in [-0.39, 0.29) is 12.6 Å². The van der Waals surface area contributed by atoms with Crippen LogP contribution in [0.25, 0.3) is 6.08 Å². The second-order valence-electron chi connectivity index (χ2n) is 4.46. The summed E-state index contributed by atoms with van der Waals surface area (Å²) in [6, 6.07) is 5.67. The molecule has 1 aromatic rings. The van der Waals surface area contributed by atoms with E-state index in [4.69, 9.17) is 9.47 Å². The molecule has 0 N–H and O–H groups in total. The van der Waals surface area contributed by atoms with E-state index >= 15 is 0 Å². The molecule has 110 valence electrons. The quantitative estimate of drug-likeness (QED) is 0.520. The number of fused-ring (bicyclic) bond motifs is 1. The zero-order chi connectivity index (χ0) is 14.7. The summed E-state index contributed by atoms with van der Waals surface area (Å²) in [5, 5.41) is 0. The Morgan fingerprint density at radius 2 is 1.95 bits per heavy atom. The number of hydrogen-bond donors (Lipinski definition) is 0. The molecule has 0 saturated carbocycles. The molecule has 0 aromatic heterocycles. The fourth-order valence-electron chi connectivity index (χ4n) is 1.92. The highest BCUT2D eigenvalue weighted by Gasteiger charge is 2.15. The highest BCUT2D eigenvalue weighted by Crippen LogP contribution is 2.39. The smallest absolute Gasteiger partial charge is 0.231 e. The van der Waals surface area contributed by atoms with Crippen molar-refractivity contribution in [3.63, 3.8) is 0 Å². The second kappa shape index (κ2) is 7.11. The summed E-state index contributed by atoms with van der Waals surface area (Å²) in [6.07, 6.45) is 4.66. The Morgan fingerprint density at radius 3 is 2.76 bits per heavy atom. The van der Waals surface area contributed by atoms with Crippen LogP contribution < -0.4 is 9.47 Å². The molecule has 21 heavy (non-hydrogen) atoms. The number of benzene rings is 1. The lowest BCUT2D eigenvalue weighted by molar-refractivity contribution is -0.110. The molecule has 1 aromatic carbocycles. The Hall–Kier alpha value is -0.600. The van der Waals surface area contributed by atoms with Gasteiger partial charge in [0.25, 0.3) is 0 Å². The summed E-state index contributed by atoms with van der Waals surface area (Å²) >= 11 is 5.71. The zero-order valence-corrected chi connectivity index (χ0v) is 14.9. The number of rotatable bonds is 3. The minimum Gasteiger partial charge on any atom is -0.454 e. The third kappa shape index (κ3) is 3.78. The first-order valence-corrected chi connectivity index (χ1v) is 9.56. The third-order valence-corrected chi connectivity index (χ3v) is 7.40. The van der Waals surface area contributed by atoms with Crippen molar-refractivity contribution in [1.29, 1.82) is 0 Å². The van der Waals surface area contributed by atoms with Gasteiger partial charge in [-0.3, -0.25) is 4.79 Å². The fraction of sp³-hybridized carbons (Fsp3) is 0.267. The number of carbonyl (C=O) groups excluding carboxylic acids is 1. The summed E-state index contributed by atoms with van der Waals surface area (Å²) < 4.78 is 12.6. The number of halogens is 1. The van der Waals surface area contributed by atoms with Gasteiger partial charge in [0.1, 0.15) is 0 Å². The summed E-state index contributed by atoms with van der Waals surface area (Å²) in [5.41, 5.74) is 0.936. The van der Waals surface area contributed by atoms with Gasteiger partial charge in [-0.05, 0) is 64.3 Å². The lowest BCUT2D eigenvalue weighted by Gasteiger charge is -2.13. The Labute approximate surface area is 145 Å². The van der Waals surface area contributed by atoms with Gasteiger partial charge in [-0.2, -0.15) is 0 Å². The maximum atomic E-state index is 12.2. The predicted molar refractivity (Wildman–Crippen MR) is 97.2 cm³/mol. The topological polar surface area (TPSA) is 35.5 Å². The van der Waals surface area contributed by atoms with Crippen molar-refractivity contribution in [1.82, 2.24) is 0 Å². The Morgan fingerprint density at radius 1 is 1.19 bits per heavy atom. The van der Waals surface area contributed by atoms with Crippen LogP contribution in [0.1, 0.15) is 12.0 Å². The number of ether oxygens (including phenoxy) is 2. The molecule has 2 aliphatic heterocycles. The number of carbonyl (C=O) groups is 1. The molecule has 0 spiro atoms. The second-order valence-corrected chi connectivity index (χ2v) is 8.01. The summed E-state index contributed by atoms with van der Waals surface area (Å²) in [5.74, 6) is 3.76. The normalized spacial score (nSPS) is 17.3. The molecular formula is C15H13IO3S2. The van der Waals surface area contributed by atoms with Crippen LogP contribution >= 0.6 is 46.1 Å². The van der Waals surface area contributed by atoms with Crippen LogP contribution in [0, 0.1) is 0 Å². The van der Waals surface area contributed by atoms with E-state index in [1.807, 2.05) is 24.3 Å². The van der Waals surface area contributed by atoms with Crippen molar-refractivity contribution in [2.24, 2.45) is 0 Å². The Bertz CT molecular complexity index is 617. The van der Waals surface area contributed by atoms with Crippen molar-refractivity contribution in [2.45, 2.75) is 6.42 Å². The van der Waals surface area contributed by atoms with Crippen molar-refractivity contribution in [3.05, 3.63) is 37.7 Å². The van der Waals surface area contributed by atoms with Gasteiger partial charge in [-0.1, -0.05) is 12.1 Å². The van der Waals surface area contributed by atoms with Crippen molar-refractivity contribution >= 4 is 58.0 Å². The van der Waals surface area contributed by atoms with Gasteiger partial charge in [-0.15, -0.1) is 23.5 Å². The minimum absolute atomic E-state index is 0.0603. The van der Waals surface area contributed by atoms with Gasteiger partial charge in [0.15, 0.2) is 17.3 Å². The van der Waals surface area contributed by atoms with Crippen molar-refractivity contribution < 1.29 is 14.3 Å². The molecule has 2 aliphatic rings. The molecule has 0 radical (unpaired) electrons. The van der Waals surface area contributed by atoms with Gasteiger partial charge >= 0.3 is 0 Å². The SMILES string of the molecule is O=C(/C=C/c1ccc2c(c1)OCO2)C(I)=C1SCCCS1. The first-order chi connectivity index (χ1) is 10.2. The fourth-order valence-corrected chi connectivity index (χ4v) is 5.45. The van der Waals surface area contributed by atoms with Gasteiger partial charge in [-0.25, -0.2) is 0 Å². The molecular weight excluding hydrogens is 419 g/mol. The van der Waals surface area contributed by atoms with E-state index in [0.717, 1.165) is 36.4 Å². The first kappa shape index (κ1) is 15.3. The van der Waals surface area contributed by atoms with Crippen LogP contribution in [0.5, 0.6) is 11.5 Å². The number of hydrogen-bond acceptors (Lipinski definition) is 5. The molecule has 6 heteroatoms. The van der Waals surface area contributed by atoms with Crippen LogP contribution in [0.2, 0.25) is 0 Å². The Balaban J connectivity index is 1.72. The van der Waals surface area contributed by atoms with Gasteiger partial charge in [0.05, 0.1) is 7.82 Å². The van der Waals surface area contributed by atoms with Crippen LogP contribution in [0.4, 0.5) is 0 Å². The van der Waals surface area contributed by atoms with Gasteiger partial charge < -0.3 is 9.47 Å². The number of thioether (sulfide) groups is 2. The largest absolute Gasteiger partial charge is 0.454 e. The molecule has 0 aliphatic carbocycles. The molecule has 1 saturated heterocycles. The molecule has 0 atom stereocenters. The third-order valence-electron chi connectivity index (χ3n) is 2.97. The van der Waals surface area contributed by atoms with Crippen LogP contribution in [0.15, 0.2) is 32.1 Å². The summed E-state index contributed by atoms with van der Waals surface area (Å²) in [6.45, 7) is 0.264. The highest BCUT2D eigenvalue weighted by molar-refractivity contribution is 14.1. The van der Waals surface area contributed by atoms with E-state index in [9.17, 15) is 4.79 Å². The molecule has 3 rings (SSSR count). The molecule has 2 heterocycles. The average molecular weight is 432 g/mol. The average Bonchev–Trinajstić information content (AvgIpc) is 3.00. The Kier molecular flexibility index (Phi) is 5.18. The lowest BCUT2D eigenvalue weighted by Crippen LogP contribution is -1.98. The predicted octanol–water partition coefficient (Wildman–Crippen LogP) is 4.47. The van der Waals surface area contributed by atoms with Crippen LogP contribution in [-0.4, -0.2) is 24.1 Å². The van der Waals surface area contributed by atoms with Crippen LogP contribution in [0.3, 0.4) is 0 Å². The summed E-state index contributed by atoms with van der Waals surface area (Å²) in [4.78, 5) is 12.2. The molecule has 0 bridgehead atoms. The van der Waals surface area contributed by atoms with Gasteiger partial charge in [0.2, 0.25) is 6.79 Å². The lowest BCUT2D eigenvalue weighted by atomic mass is 10.1. The van der Waals surface area contributed by atoms with E-state index in [1.165, 1.54) is 6.42 Å². The maximum Gasteiger partial charge on any atom is 0.231 e. The van der Waals surface area contributed by atoms with Crippen LogP contribution in [-0.2, 0) is 4.79 Å². The zero-order valence-electron chi connectivity index (χ0n) is 11.1. The first-order valence-electron chi connectivity index (χ1n) is 6.51. The molecule has 0 unspecified atom stereocenters. The van der Waals surface area contributed by atoms with E-state index in [1.54, 1.807) is 29.6 Å². The highest BCUT2D eigenvalue weighted by atomic mass is 127. The minimum atomic E-state index is 0.0603. The van der Waals surface area contributed by atoms with E-state index in [0.29, 0.717) is 0 Å². The van der Waals surface area contributed by atoms with Crippen molar-refractivity contribution in [3.8, 4) is 11.5 Å².